The lowest BCUT2D eigenvalue weighted by molar-refractivity contribution is -0.167. The second kappa shape index (κ2) is 38.6. The third-order valence-corrected chi connectivity index (χ3v) is 10.2. The van der Waals surface area contributed by atoms with E-state index in [4.69, 9.17) is 14.2 Å². The van der Waals surface area contributed by atoms with Crippen molar-refractivity contribution in [2.24, 2.45) is 5.92 Å². The quantitative estimate of drug-likeness (QED) is 0.0359. The Balaban J connectivity index is 4.09. The number of ether oxygens (including phenoxy) is 3. The molecule has 1 unspecified atom stereocenters. The highest BCUT2D eigenvalue weighted by molar-refractivity contribution is 5.71. The van der Waals surface area contributed by atoms with E-state index in [1.54, 1.807) is 0 Å². The van der Waals surface area contributed by atoms with Gasteiger partial charge in [0, 0.05) is 19.3 Å². The van der Waals surface area contributed by atoms with Gasteiger partial charge in [0.1, 0.15) is 13.2 Å². The maximum atomic E-state index is 12.5. The zero-order valence-electron chi connectivity index (χ0n) is 33.9. The molecule has 6 heteroatoms. The minimum Gasteiger partial charge on any atom is -0.462 e. The van der Waals surface area contributed by atoms with Gasteiger partial charge in [0.05, 0.1) is 0 Å². The molecular formula is C44H84O6. The summed E-state index contributed by atoms with van der Waals surface area (Å²) in [4.78, 5) is 37.3. The monoisotopic (exact) mass is 709 g/mol. The minimum atomic E-state index is -0.756. The second-order valence-corrected chi connectivity index (χ2v) is 15.2. The maximum Gasteiger partial charge on any atom is 0.306 e. The number of carbonyl (C=O) groups is 3. The van der Waals surface area contributed by atoms with Crippen molar-refractivity contribution >= 4 is 17.9 Å². The smallest absolute Gasteiger partial charge is 0.306 e. The molecule has 50 heavy (non-hydrogen) atoms. The van der Waals surface area contributed by atoms with E-state index < -0.39 is 6.10 Å². The van der Waals surface area contributed by atoms with Crippen molar-refractivity contribution in [3.63, 3.8) is 0 Å². The minimum absolute atomic E-state index is 0.0655. The Morgan fingerprint density at radius 3 is 1.04 bits per heavy atom. The molecule has 0 aliphatic carbocycles. The molecule has 0 aromatic carbocycles. The van der Waals surface area contributed by atoms with Crippen LogP contribution in [0.4, 0.5) is 0 Å². The Kier molecular flexibility index (Phi) is 37.4. The highest BCUT2D eigenvalue weighted by Crippen LogP contribution is 2.17. The van der Waals surface area contributed by atoms with Crippen LogP contribution in [-0.2, 0) is 28.6 Å². The molecule has 0 N–H and O–H groups in total. The van der Waals surface area contributed by atoms with Crippen molar-refractivity contribution in [3.05, 3.63) is 0 Å². The average molecular weight is 709 g/mol. The van der Waals surface area contributed by atoms with Gasteiger partial charge in [-0.3, -0.25) is 14.4 Å². The van der Waals surface area contributed by atoms with E-state index in [0.717, 1.165) is 70.1 Å². The standard InChI is InChI=1S/C44H84O6/c1-5-8-10-12-13-20-24-28-31-35-42(45)48-38-41(50-44(47)37-33-26-11-9-6-2)39-49-43(46)36-32-29-25-22-19-17-15-14-16-18-21-23-27-30-34-40(4)7-3/h40-41H,5-39H2,1-4H3/t40?,41-/m0/s1. The van der Waals surface area contributed by atoms with Gasteiger partial charge in [-0.05, 0) is 25.2 Å². The van der Waals surface area contributed by atoms with Gasteiger partial charge in [-0.25, -0.2) is 0 Å². The van der Waals surface area contributed by atoms with Gasteiger partial charge in [-0.15, -0.1) is 0 Å². The second-order valence-electron chi connectivity index (χ2n) is 15.2. The summed E-state index contributed by atoms with van der Waals surface area (Å²) in [5.41, 5.74) is 0. The largest absolute Gasteiger partial charge is 0.462 e. The van der Waals surface area contributed by atoms with Crippen molar-refractivity contribution in [1.29, 1.82) is 0 Å². The lowest BCUT2D eigenvalue weighted by atomic mass is 9.99. The summed E-state index contributed by atoms with van der Waals surface area (Å²) in [6, 6.07) is 0. The summed E-state index contributed by atoms with van der Waals surface area (Å²) in [6.45, 7) is 8.93. The van der Waals surface area contributed by atoms with Crippen LogP contribution in [0.3, 0.4) is 0 Å². The first-order valence-corrected chi connectivity index (χ1v) is 21.9. The Hall–Kier alpha value is -1.59. The Bertz CT molecular complexity index is 753. The number of hydrogen-bond acceptors (Lipinski definition) is 6. The summed E-state index contributed by atoms with van der Waals surface area (Å²) < 4.78 is 16.5. The normalized spacial score (nSPS) is 12.5. The lowest BCUT2D eigenvalue weighted by Crippen LogP contribution is -2.30. The predicted octanol–water partition coefficient (Wildman–Crippen LogP) is 13.6. The number of rotatable bonds is 39. The van der Waals surface area contributed by atoms with E-state index >= 15 is 0 Å². The third kappa shape index (κ3) is 36.2. The van der Waals surface area contributed by atoms with Gasteiger partial charge in [0.15, 0.2) is 6.10 Å². The SMILES string of the molecule is CCCCCCCCCCCC(=O)OC[C@@H](COC(=O)CCCCCCCCCCCCCCCCC(C)CC)OC(=O)CCCCCCC. The van der Waals surface area contributed by atoms with Gasteiger partial charge in [0.2, 0.25) is 0 Å². The van der Waals surface area contributed by atoms with Crippen LogP contribution in [0.15, 0.2) is 0 Å². The van der Waals surface area contributed by atoms with Gasteiger partial charge in [-0.2, -0.15) is 0 Å². The fourth-order valence-corrected chi connectivity index (χ4v) is 6.42. The van der Waals surface area contributed by atoms with Crippen LogP contribution in [-0.4, -0.2) is 37.2 Å². The van der Waals surface area contributed by atoms with E-state index in [9.17, 15) is 14.4 Å². The molecule has 6 nitrogen and oxygen atoms in total. The zero-order valence-corrected chi connectivity index (χ0v) is 33.9. The van der Waals surface area contributed by atoms with Crippen LogP contribution >= 0.6 is 0 Å². The van der Waals surface area contributed by atoms with Gasteiger partial charge >= 0.3 is 17.9 Å². The van der Waals surface area contributed by atoms with Crippen molar-refractivity contribution < 1.29 is 28.6 Å². The first-order valence-electron chi connectivity index (χ1n) is 21.9. The number of unbranched alkanes of at least 4 members (excludes halogenated alkanes) is 25. The van der Waals surface area contributed by atoms with Crippen LogP contribution in [0, 0.1) is 5.92 Å². The van der Waals surface area contributed by atoms with Crippen LogP contribution in [0.25, 0.3) is 0 Å². The highest BCUT2D eigenvalue weighted by atomic mass is 16.6. The van der Waals surface area contributed by atoms with Gasteiger partial charge in [-0.1, -0.05) is 201 Å². The van der Waals surface area contributed by atoms with E-state index in [-0.39, 0.29) is 31.1 Å². The number of carbonyl (C=O) groups excluding carboxylic acids is 3. The fourth-order valence-electron chi connectivity index (χ4n) is 6.42. The van der Waals surface area contributed by atoms with Crippen LogP contribution in [0.2, 0.25) is 0 Å². The molecule has 0 amide bonds. The number of esters is 3. The molecule has 0 saturated heterocycles. The molecule has 0 saturated carbocycles. The molecule has 0 aliphatic heterocycles. The zero-order chi connectivity index (χ0) is 36.8. The summed E-state index contributed by atoms with van der Waals surface area (Å²) in [6.07, 6.45) is 36.9. The summed E-state index contributed by atoms with van der Waals surface area (Å²) in [7, 11) is 0. The average Bonchev–Trinajstić information content (AvgIpc) is 3.11. The topological polar surface area (TPSA) is 78.9 Å². The number of hydrogen-bond donors (Lipinski definition) is 0. The Morgan fingerprint density at radius 1 is 0.400 bits per heavy atom. The molecule has 0 bridgehead atoms. The van der Waals surface area contributed by atoms with Gasteiger partial charge in [0.25, 0.3) is 0 Å². The maximum absolute atomic E-state index is 12.5. The van der Waals surface area contributed by atoms with Crippen molar-refractivity contribution in [1.82, 2.24) is 0 Å². The van der Waals surface area contributed by atoms with Crippen molar-refractivity contribution in [3.8, 4) is 0 Å². The molecule has 0 spiro atoms. The van der Waals surface area contributed by atoms with Crippen LogP contribution in [0.1, 0.15) is 240 Å². The molecule has 296 valence electrons. The predicted molar refractivity (Wildman–Crippen MR) is 210 cm³/mol. The molecule has 0 heterocycles. The van der Waals surface area contributed by atoms with E-state index in [1.165, 1.54) is 128 Å². The van der Waals surface area contributed by atoms with Crippen LogP contribution in [0.5, 0.6) is 0 Å². The molecule has 0 aliphatic rings. The van der Waals surface area contributed by atoms with Crippen molar-refractivity contribution in [2.45, 2.75) is 246 Å². The van der Waals surface area contributed by atoms with E-state index in [2.05, 4.69) is 27.7 Å². The highest BCUT2D eigenvalue weighted by Gasteiger charge is 2.19. The van der Waals surface area contributed by atoms with Crippen LogP contribution < -0.4 is 0 Å². The summed E-state index contributed by atoms with van der Waals surface area (Å²) in [5, 5.41) is 0. The van der Waals surface area contributed by atoms with E-state index in [0.29, 0.717) is 19.3 Å². The van der Waals surface area contributed by atoms with E-state index in [1.807, 2.05) is 0 Å². The molecule has 0 radical (unpaired) electrons. The molecular weight excluding hydrogens is 624 g/mol. The lowest BCUT2D eigenvalue weighted by Gasteiger charge is -2.18. The molecule has 0 aromatic rings. The first kappa shape index (κ1) is 48.4. The van der Waals surface area contributed by atoms with Crippen molar-refractivity contribution in [2.75, 3.05) is 13.2 Å². The fraction of sp³-hybridized carbons (Fsp3) is 0.932. The summed E-state index contributed by atoms with van der Waals surface area (Å²) in [5.74, 6) is 0.0217. The Labute approximate surface area is 310 Å². The Morgan fingerprint density at radius 2 is 0.700 bits per heavy atom. The molecule has 0 aromatic heterocycles. The van der Waals surface area contributed by atoms with Gasteiger partial charge < -0.3 is 14.2 Å². The summed E-state index contributed by atoms with van der Waals surface area (Å²) >= 11 is 0. The molecule has 2 atom stereocenters. The molecule has 0 rings (SSSR count). The first-order chi connectivity index (χ1) is 24.4. The molecule has 0 fully saturated rings. The third-order valence-electron chi connectivity index (χ3n) is 10.2.